The summed E-state index contributed by atoms with van der Waals surface area (Å²) in [6.07, 6.45) is 3.48. The second-order valence-electron chi connectivity index (χ2n) is 5.69. The highest BCUT2D eigenvalue weighted by atomic mass is 35.5. The molecule has 2 aliphatic rings. The van der Waals surface area contributed by atoms with Crippen molar-refractivity contribution in [2.75, 3.05) is 39.3 Å². The fourth-order valence-corrected chi connectivity index (χ4v) is 2.80. The number of hydrogen-bond donors (Lipinski definition) is 1. The van der Waals surface area contributed by atoms with Gasteiger partial charge in [-0.15, -0.1) is 12.4 Å². The fraction of sp³-hybridized carbons (Fsp3) is 0.923. The van der Waals surface area contributed by atoms with Crippen molar-refractivity contribution in [1.82, 2.24) is 9.80 Å². The van der Waals surface area contributed by atoms with Crippen LogP contribution >= 0.6 is 12.4 Å². The molecule has 0 aromatic rings. The molecule has 0 aliphatic carbocycles. The Morgan fingerprint density at radius 1 is 1.22 bits per heavy atom. The predicted molar refractivity (Wildman–Crippen MR) is 75.8 cm³/mol. The van der Waals surface area contributed by atoms with Gasteiger partial charge in [-0.2, -0.15) is 0 Å². The van der Waals surface area contributed by atoms with Gasteiger partial charge in [0, 0.05) is 19.6 Å². The number of nitrogens with two attached hydrogens (primary N) is 1. The van der Waals surface area contributed by atoms with Crippen LogP contribution in [0.1, 0.15) is 26.2 Å². The van der Waals surface area contributed by atoms with Gasteiger partial charge in [-0.1, -0.05) is 6.92 Å². The summed E-state index contributed by atoms with van der Waals surface area (Å²) in [6.45, 7) is 7.58. The summed E-state index contributed by atoms with van der Waals surface area (Å²) in [5.74, 6) is 1.70. The van der Waals surface area contributed by atoms with E-state index in [1.807, 2.05) is 4.90 Å². The Morgan fingerprint density at radius 3 is 2.44 bits per heavy atom. The molecule has 2 saturated heterocycles. The summed E-state index contributed by atoms with van der Waals surface area (Å²) < 4.78 is 0. The highest BCUT2D eigenvalue weighted by Gasteiger charge is 2.26. The van der Waals surface area contributed by atoms with Gasteiger partial charge in [0.25, 0.3) is 0 Å². The third kappa shape index (κ3) is 4.11. The number of nitrogens with zero attached hydrogens (tertiary/aromatic N) is 2. The molecule has 2 heterocycles. The molecule has 1 amide bonds. The van der Waals surface area contributed by atoms with Gasteiger partial charge in [0.1, 0.15) is 0 Å². The zero-order chi connectivity index (χ0) is 12.3. The molecule has 2 aliphatic heterocycles. The van der Waals surface area contributed by atoms with E-state index in [1.54, 1.807) is 0 Å². The lowest BCUT2D eigenvalue weighted by molar-refractivity contribution is -0.133. The van der Waals surface area contributed by atoms with Crippen molar-refractivity contribution in [3.8, 4) is 0 Å². The standard InChI is InChI=1S/C13H25N3O.ClH/c1-11-2-6-16(7-3-11)13(17)10-15-5-4-12(8-14)9-15;/h11-12H,2-10,14H2,1H3;1H. The molecule has 0 aromatic heterocycles. The first-order valence-electron chi connectivity index (χ1n) is 6.89. The van der Waals surface area contributed by atoms with Crippen LogP contribution in [0, 0.1) is 11.8 Å². The summed E-state index contributed by atoms with van der Waals surface area (Å²) >= 11 is 0. The molecule has 1 unspecified atom stereocenters. The largest absolute Gasteiger partial charge is 0.342 e. The van der Waals surface area contributed by atoms with Crippen LogP contribution in [-0.2, 0) is 4.79 Å². The molecule has 2 rings (SSSR count). The van der Waals surface area contributed by atoms with E-state index < -0.39 is 0 Å². The van der Waals surface area contributed by atoms with Crippen molar-refractivity contribution in [3.63, 3.8) is 0 Å². The zero-order valence-electron chi connectivity index (χ0n) is 11.3. The van der Waals surface area contributed by atoms with Crippen molar-refractivity contribution in [2.24, 2.45) is 17.6 Å². The summed E-state index contributed by atoms with van der Waals surface area (Å²) in [5.41, 5.74) is 5.66. The maximum Gasteiger partial charge on any atom is 0.236 e. The van der Waals surface area contributed by atoms with E-state index >= 15 is 0 Å². The molecule has 0 bridgehead atoms. The molecule has 2 N–H and O–H groups in total. The van der Waals surface area contributed by atoms with Gasteiger partial charge in [-0.05, 0) is 44.2 Å². The molecular formula is C13H26ClN3O. The molecular weight excluding hydrogens is 250 g/mol. The average molecular weight is 276 g/mol. The molecule has 0 spiro atoms. The minimum atomic E-state index is 0. The third-order valence-electron chi connectivity index (χ3n) is 4.20. The number of piperidine rings is 1. The first kappa shape index (κ1) is 15.7. The maximum atomic E-state index is 12.1. The third-order valence-corrected chi connectivity index (χ3v) is 4.20. The molecule has 0 aromatic carbocycles. The molecule has 1 atom stereocenters. The number of likely N-dealkylation sites (tertiary alicyclic amines) is 2. The van der Waals surface area contributed by atoms with Gasteiger partial charge in [0.05, 0.1) is 6.54 Å². The maximum absolute atomic E-state index is 12.1. The van der Waals surface area contributed by atoms with Crippen LogP contribution in [0.5, 0.6) is 0 Å². The number of hydrogen-bond acceptors (Lipinski definition) is 3. The van der Waals surface area contributed by atoms with E-state index in [0.29, 0.717) is 18.4 Å². The van der Waals surface area contributed by atoms with Crippen molar-refractivity contribution in [1.29, 1.82) is 0 Å². The van der Waals surface area contributed by atoms with Crippen LogP contribution in [0.4, 0.5) is 0 Å². The van der Waals surface area contributed by atoms with Crippen molar-refractivity contribution < 1.29 is 4.79 Å². The molecule has 2 fully saturated rings. The lowest BCUT2D eigenvalue weighted by Gasteiger charge is -2.31. The number of carbonyl (C=O) groups is 1. The van der Waals surface area contributed by atoms with Crippen molar-refractivity contribution >= 4 is 18.3 Å². The highest BCUT2D eigenvalue weighted by molar-refractivity contribution is 5.85. The SMILES string of the molecule is CC1CCN(C(=O)CN2CCC(CN)C2)CC1.Cl. The van der Waals surface area contributed by atoms with Crippen LogP contribution in [0.15, 0.2) is 0 Å². The minimum Gasteiger partial charge on any atom is -0.342 e. The lowest BCUT2D eigenvalue weighted by Crippen LogP contribution is -2.43. The summed E-state index contributed by atoms with van der Waals surface area (Å²) in [7, 11) is 0. The van der Waals surface area contributed by atoms with Gasteiger partial charge in [-0.25, -0.2) is 0 Å². The van der Waals surface area contributed by atoms with Gasteiger partial charge >= 0.3 is 0 Å². The Balaban J connectivity index is 0.00000162. The summed E-state index contributed by atoms with van der Waals surface area (Å²) in [4.78, 5) is 16.4. The van der Waals surface area contributed by atoms with Crippen LogP contribution in [-0.4, -0.2) is 55.0 Å². The van der Waals surface area contributed by atoms with Crippen LogP contribution < -0.4 is 5.73 Å². The van der Waals surface area contributed by atoms with Crippen molar-refractivity contribution in [3.05, 3.63) is 0 Å². The first-order chi connectivity index (χ1) is 8.19. The van der Waals surface area contributed by atoms with Crippen molar-refractivity contribution in [2.45, 2.75) is 26.2 Å². The lowest BCUT2D eigenvalue weighted by atomic mass is 9.99. The normalized spacial score (nSPS) is 26.1. The monoisotopic (exact) mass is 275 g/mol. The van der Waals surface area contributed by atoms with E-state index in [9.17, 15) is 4.79 Å². The number of amides is 1. The Hall–Kier alpha value is -0.320. The molecule has 18 heavy (non-hydrogen) atoms. The molecule has 106 valence electrons. The topological polar surface area (TPSA) is 49.6 Å². The summed E-state index contributed by atoms with van der Waals surface area (Å²) in [6, 6.07) is 0. The van der Waals surface area contributed by atoms with Gasteiger partial charge in [-0.3, -0.25) is 9.69 Å². The Bertz CT molecular complexity index is 267. The quantitative estimate of drug-likeness (QED) is 0.834. The van der Waals surface area contributed by atoms with Crippen LogP contribution in [0.25, 0.3) is 0 Å². The van der Waals surface area contributed by atoms with Gasteiger partial charge < -0.3 is 10.6 Å². The first-order valence-corrected chi connectivity index (χ1v) is 6.89. The molecule has 5 heteroatoms. The van der Waals surface area contributed by atoms with E-state index in [-0.39, 0.29) is 12.4 Å². The Labute approximate surface area is 116 Å². The van der Waals surface area contributed by atoms with Crippen LogP contribution in [0.2, 0.25) is 0 Å². The second kappa shape index (κ2) is 7.31. The minimum absolute atomic E-state index is 0. The average Bonchev–Trinajstić information content (AvgIpc) is 2.77. The molecule has 0 saturated carbocycles. The summed E-state index contributed by atoms with van der Waals surface area (Å²) in [5, 5.41) is 0. The van der Waals surface area contributed by atoms with Gasteiger partial charge in [0.2, 0.25) is 5.91 Å². The molecule has 0 radical (unpaired) electrons. The Kier molecular flexibility index (Phi) is 6.39. The number of halogens is 1. The second-order valence-corrected chi connectivity index (χ2v) is 5.69. The fourth-order valence-electron chi connectivity index (χ4n) is 2.80. The predicted octanol–water partition coefficient (Wildman–Crippen LogP) is 0.947. The number of rotatable bonds is 3. The Morgan fingerprint density at radius 2 is 1.89 bits per heavy atom. The highest BCUT2D eigenvalue weighted by Crippen LogP contribution is 2.18. The molecule has 4 nitrogen and oxygen atoms in total. The van der Waals surface area contributed by atoms with E-state index in [4.69, 9.17) is 5.73 Å². The van der Waals surface area contributed by atoms with Gasteiger partial charge in [0.15, 0.2) is 0 Å². The smallest absolute Gasteiger partial charge is 0.236 e. The van der Waals surface area contributed by atoms with E-state index in [2.05, 4.69) is 11.8 Å². The van der Waals surface area contributed by atoms with E-state index in [0.717, 1.165) is 57.9 Å². The number of carbonyl (C=O) groups excluding carboxylic acids is 1. The zero-order valence-corrected chi connectivity index (χ0v) is 12.1. The van der Waals surface area contributed by atoms with E-state index in [1.165, 1.54) is 0 Å². The van der Waals surface area contributed by atoms with Crippen LogP contribution in [0.3, 0.4) is 0 Å².